The summed E-state index contributed by atoms with van der Waals surface area (Å²) in [7, 11) is 1.99. The summed E-state index contributed by atoms with van der Waals surface area (Å²) in [5.41, 5.74) is 3.49. The fourth-order valence-electron chi connectivity index (χ4n) is 3.22. The smallest absolute Gasteiger partial charge is 0.191 e. The van der Waals surface area contributed by atoms with E-state index in [1.807, 2.05) is 11.7 Å². The minimum atomic E-state index is 0.675. The van der Waals surface area contributed by atoms with Crippen LogP contribution in [-0.2, 0) is 13.6 Å². The Labute approximate surface area is 146 Å². The number of nitrogens with one attached hydrogen (secondary N) is 2. The molecule has 0 bridgehead atoms. The lowest BCUT2D eigenvalue weighted by atomic mass is 10.2. The van der Waals surface area contributed by atoms with Crippen molar-refractivity contribution in [2.75, 3.05) is 32.7 Å². The van der Waals surface area contributed by atoms with E-state index in [1.165, 1.54) is 56.6 Å². The highest BCUT2D eigenvalue weighted by atomic mass is 15.3. The summed E-state index contributed by atoms with van der Waals surface area (Å²) in [4.78, 5) is 7.30. The number of hydrogen-bond acceptors (Lipinski definition) is 3. The Morgan fingerprint density at radius 3 is 2.54 bits per heavy atom. The van der Waals surface area contributed by atoms with Gasteiger partial charge in [0.05, 0.1) is 12.2 Å². The van der Waals surface area contributed by atoms with Crippen LogP contribution in [0.25, 0.3) is 0 Å². The molecule has 1 fully saturated rings. The van der Waals surface area contributed by atoms with E-state index in [0.29, 0.717) is 6.54 Å². The lowest BCUT2D eigenvalue weighted by molar-refractivity contribution is 0.330. The molecule has 1 aromatic heterocycles. The summed E-state index contributed by atoms with van der Waals surface area (Å²) in [5.74, 6) is 0.904. The van der Waals surface area contributed by atoms with Gasteiger partial charge in [-0.2, -0.15) is 5.10 Å². The summed E-state index contributed by atoms with van der Waals surface area (Å²) in [5, 5.41) is 11.2. The van der Waals surface area contributed by atoms with Gasteiger partial charge in [0.1, 0.15) is 0 Å². The van der Waals surface area contributed by atoms with Crippen molar-refractivity contribution in [3.63, 3.8) is 0 Å². The number of guanidine groups is 1. The third kappa shape index (κ3) is 5.51. The van der Waals surface area contributed by atoms with E-state index in [-0.39, 0.29) is 0 Å². The molecule has 0 saturated carbocycles. The maximum Gasteiger partial charge on any atom is 0.191 e. The zero-order valence-electron chi connectivity index (χ0n) is 15.9. The highest BCUT2D eigenvalue weighted by Gasteiger charge is 2.10. The van der Waals surface area contributed by atoms with E-state index < -0.39 is 0 Å². The molecule has 0 spiro atoms. The van der Waals surface area contributed by atoms with Gasteiger partial charge < -0.3 is 15.5 Å². The molecule has 1 saturated heterocycles. The van der Waals surface area contributed by atoms with Gasteiger partial charge in [0.25, 0.3) is 0 Å². The van der Waals surface area contributed by atoms with Gasteiger partial charge in [-0.1, -0.05) is 0 Å². The van der Waals surface area contributed by atoms with Gasteiger partial charge in [-0.15, -0.1) is 0 Å². The lowest BCUT2D eigenvalue weighted by Crippen LogP contribution is -2.38. The highest BCUT2D eigenvalue weighted by Crippen LogP contribution is 2.12. The number of nitrogens with zero attached hydrogens (tertiary/aromatic N) is 4. The minimum Gasteiger partial charge on any atom is -0.357 e. The molecular formula is C18H34N6. The second kappa shape index (κ2) is 9.67. The largest absolute Gasteiger partial charge is 0.357 e. The first-order chi connectivity index (χ1) is 11.6. The maximum atomic E-state index is 4.72. The van der Waals surface area contributed by atoms with Gasteiger partial charge >= 0.3 is 0 Å². The van der Waals surface area contributed by atoms with Gasteiger partial charge in [-0.3, -0.25) is 4.68 Å². The molecule has 136 valence electrons. The van der Waals surface area contributed by atoms with E-state index in [4.69, 9.17) is 4.99 Å². The van der Waals surface area contributed by atoms with Crippen LogP contribution in [0, 0.1) is 13.8 Å². The number of aryl methyl sites for hydroxylation is 2. The van der Waals surface area contributed by atoms with Gasteiger partial charge in [0, 0.05) is 31.4 Å². The van der Waals surface area contributed by atoms with E-state index in [1.54, 1.807) is 0 Å². The van der Waals surface area contributed by atoms with E-state index in [2.05, 4.69) is 41.4 Å². The highest BCUT2D eigenvalue weighted by molar-refractivity contribution is 5.79. The zero-order chi connectivity index (χ0) is 17.4. The summed E-state index contributed by atoms with van der Waals surface area (Å²) in [6, 6.07) is 0. The molecule has 0 radical (unpaired) electrons. The van der Waals surface area contributed by atoms with Crippen LogP contribution in [0.3, 0.4) is 0 Å². The molecule has 0 aromatic carbocycles. The maximum absolute atomic E-state index is 4.72. The average molecular weight is 335 g/mol. The average Bonchev–Trinajstić information content (AvgIpc) is 3.15. The Hall–Kier alpha value is -1.56. The van der Waals surface area contributed by atoms with Gasteiger partial charge in [0.2, 0.25) is 0 Å². The molecule has 24 heavy (non-hydrogen) atoms. The van der Waals surface area contributed by atoms with Crippen LogP contribution in [0.15, 0.2) is 4.99 Å². The number of unbranched alkanes of at least 4 members (excludes halogenated alkanes) is 1. The monoisotopic (exact) mass is 334 g/mol. The standard InChI is InChI=1S/C18H34N6/c1-5-19-18(20-10-6-7-11-24-12-8-9-13-24)21-14-17-15(2)22-23(4)16(17)3/h5-14H2,1-4H3,(H2,19,20,21). The zero-order valence-corrected chi connectivity index (χ0v) is 15.9. The molecule has 0 atom stereocenters. The van der Waals surface area contributed by atoms with Crippen molar-refractivity contribution in [2.45, 2.75) is 53.0 Å². The fraction of sp³-hybridized carbons (Fsp3) is 0.778. The van der Waals surface area contributed by atoms with Crippen LogP contribution >= 0.6 is 0 Å². The Balaban J connectivity index is 1.75. The van der Waals surface area contributed by atoms with Crippen LogP contribution in [-0.4, -0.2) is 53.4 Å². The van der Waals surface area contributed by atoms with Crippen molar-refractivity contribution >= 4 is 5.96 Å². The molecular weight excluding hydrogens is 300 g/mol. The third-order valence-corrected chi connectivity index (χ3v) is 4.79. The van der Waals surface area contributed by atoms with Crippen LogP contribution in [0.1, 0.15) is 49.6 Å². The van der Waals surface area contributed by atoms with E-state index in [0.717, 1.165) is 24.7 Å². The SMILES string of the molecule is CCNC(=NCc1c(C)nn(C)c1C)NCCCCN1CCCC1. The van der Waals surface area contributed by atoms with Crippen LogP contribution in [0.2, 0.25) is 0 Å². The number of aliphatic imine (C=N–C) groups is 1. The molecule has 6 nitrogen and oxygen atoms in total. The predicted octanol–water partition coefficient (Wildman–Crippen LogP) is 1.97. The first kappa shape index (κ1) is 18.8. The lowest BCUT2D eigenvalue weighted by Gasteiger charge is -2.15. The molecule has 6 heteroatoms. The normalized spacial score (nSPS) is 15.9. The van der Waals surface area contributed by atoms with Crippen LogP contribution in [0.5, 0.6) is 0 Å². The van der Waals surface area contributed by atoms with Crippen molar-refractivity contribution in [1.82, 2.24) is 25.3 Å². The molecule has 1 aliphatic rings. The quantitative estimate of drug-likeness (QED) is 0.433. The first-order valence-electron chi connectivity index (χ1n) is 9.35. The fourth-order valence-corrected chi connectivity index (χ4v) is 3.22. The number of rotatable bonds is 8. The first-order valence-corrected chi connectivity index (χ1v) is 9.35. The second-order valence-electron chi connectivity index (χ2n) is 6.65. The van der Waals surface area contributed by atoms with Crippen molar-refractivity contribution in [2.24, 2.45) is 12.0 Å². The second-order valence-corrected chi connectivity index (χ2v) is 6.65. The summed E-state index contributed by atoms with van der Waals surface area (Å²) < 4.78 is 1.93. The van der Waals surface area contributed by atoms with Gasteiger partial charge in [-0.25, -0.2) is 4.99 Å². The Morgan fingerprint density at radius 1 is 1.17 bits per heavy atom. The molecule has 2 rings (SSSR count). The Bertz CT molecular complexity index is 528. The summed E-state index contributed by atoms with van der Waals surface area (Å²) in [6.45, 7) is 12.6. The van der Waals surface area contributed by atoms with Crippen molar-refractivity contribution in [3.8, 4) is 0 Å². The topological polar surface area (TPSA) is 57.5 Å². The molecule has 1 aliphatic heterocycles. The Kier molecular flexibility index (Phi) is 7.56. The summed E-state index contributed by atoms with van der Waals surface area (Å²) in [6.07, 6.45) is 5.20. The van der Waals surface area contributed by atoms with Crippen molar-refractivity contribution in [1.29, 1.82) is 0 Å². The third-order valence-electron chi connectivity index (χ3n) is 4.79. The molecule has 0 amide bonds. The number of aromatic nitrogens is 2. The van der Waals surface area contributed by atoms with Crippen LogP contribution < -0.4 is 10.6 Å². The van der Waals surface area contributed by atoms with E-state index >= 15 is 0 Å². The van der Waals surface area contributed by atoms with Gasteiger partial charge in [0.15, 0.2) is 5.96 Å². The van der Waals surface area contributed by atoms with Crippen molar-refractivity contribution in [3.05, 3.63) is 17.0 Å². The van der Waals surface area contributed by atoms with Crippen LogP contribution in [0.4, 0.5) is 0 Å². The summed E-state index contributed by atoms with van der Waals surface area (Å²) >= 11 is 0. The number of likely N-dealkylation sites (tertiary alicyclic amines) is 1. The predicted molar refractivity (Wildman–Crippen MR) is 100 cm³/mol. The van der Waals surface area contributed by atoms with Crippen molar-refractivity contribution < 1.29 is 0 Å². The Morgan fingerprint density at radius 2 is 1.92 bits per heavy atom. The molecule has 2 heterocycles. The molecule has 1 aromatic rings. The molecule has 2 N–H and O–H groups in total. The van der Waals surface area contributed by atoms with Gasteiger partial charge in [-0.05, 0) is 66.1 Å². The minimum absolute atomic E-state index is 0.675. The molecule has 0 aliphatic carbocycles. The number of hydrogen-bond donors (Lipinski definition) is 2. The van der Waals surface area contributed by atoms with E-state index in [9.17, 15) is 0 Å². The molecule has 0 unspecified atom stereocenters.